The van der Waals surface area contributed by atoms with Crippen LogP contribution in [-0.4, -0.2) is 44.8 Å². The van der Waals surface area contributed by atoms with E-state index in [4.69, 9.17) is 16.7 Å². The number of aromatic nitrogens is 2. The number of carboxylic acids is 1. The van der Waals surface area contributed by atoms with Crippen LogP contribution in [0.15, 0.2) is 24.3 Å². The van der Waals surface area contributed by atoms with Crippen molar-refractivity contribution in [1.29, 1.82) is 0 Å². The van der Waals surface area contributed by atoms with Crippen LogP contribution >= 0.6 is 11.6 Å². The van der Waals surface area contributed by atoms with Gasteiger partial charge in [-0.05, 0) is 45.0 Å². The number of hydrogen-bond donors (Lipinski definition) is 1. The fraction of sp³-hybridized carbons (Fsp3) is 0.353. The zero-order valence-electron chi connectivity index (χ0n) is 13.9. The number of rotatable bonds is 6. The second-order valence-electron chi connectivity index (χ2n) is 5.52. The number of amides is 1. The third-order valence-corrected chi connectivity index (χ3v) is 4.15. The minimum atomic E-state index is -1.02. The van der Waals surface area contributed by atoms with Gasteiger partial charge in [0.2, 0.25) is 5.91 Å². The monoisotopic (exact) mass is 349 g/mol. The van der Waals surface area contributed by atoms with Crippen molar-refractivity contribution in [2.45, 2.75) is 27.2 Å². The van der Waals surface area contributed by atoms with E-state index in [1.165, 1.54) is 4.90 Å². The number of carbonyl (C=O) groups is 2. The van der Waals surface area contributed by atoms with Crippen LogP contribution in [0.4, 0.5) is 0 Å². The zero-order valence-corrected chi connectivity index (χ0v) is 14.7. The molecule has 1 aromatic carbocycles. The van der Waals surface area contributed by atoms with E-state index < -0.39 is 5.97 Å². The van der Waals surface area contributed by atoms with Gasteiger partial charge in [0.1, 0.15) is 6.54 Å². The molecule has 0 saturated heterocycles. The Morgan fingerprint density at radius 1 is 1.25 bits per heavy atom. The smallest absolute Gasteiger partial charge is 0.323 e. The molecule has 0 bridgehead atoms. The first-order valence-corrected chi connectivity index (χ1v) is 8.01. The summed E-state index contributed by atoms with van der Waals surface area (Å²) in [7, 11) is 0. The normalized spacial score (nSPS) is 10.7. The first-order valence-electron chi connectivity index (χ1n) is 7.64. The highest BCUT2D eigenvalue weighted by atomic mass is 35.5. The molecule has 2 rings (SSSR count). The molecule has 128 valence electrons. The Balaban J connectivity index is 2.27. The van der Waals surface area contributed by atoms with Gasteiger partial charge in [0.25, 0.3) is 0 Å². The molecule has 2 aromatic rings. The van der Waals surface area contributed by atoms with Gasteiger partial charge in [-0.3, -0.25) is 9.59 Å². The van der Waals surface area contributed by atoms with Crippen LogP contribution in [0.1, 0.15) is 23.9 Å². The minimum absolute atomic E-state index is 0.131. The Kier molecular flexibility index (Phi) is 5.62. The van der Waals surface area contributed by atoms with Gasteiger partial charge in [0, 0.05) is 22.8 Å². The Bertz CT molecular complexity index is 753. The number of nitrogens with zero attached hydrogens (tertiary/aromatic N) is 3. The van der Waals surface area contributed by atoms with Crippen molar-refractivity contribution in [3.8, 4) is 5.69 Å². The number of benzene rings is 1. The maximum absolute atomic E-state index is 12.4. The molecule has 0 spiro atoms. The number of hydrogen-bond acceptors (Lipinski definition) is 3. The van der Waals surface area contributed by atoms with Gasteiger partial charge in [0.15, 0.2) is 0 Å². The highest BCUT2D eigenvalue weighted by Gasteiger charge is 2.20. The van der Waals surface area contributed by atoms with E-state index in [9.17, 15) is 9.59 Å². The molecule has 6 nitrogen and oxygen atoms in total. The minimum Gasteiger partial charge on any atom is -0.480 e. The van der Waals surface area contributed by atoms with Crippen molar-refractivity contribution in [2.75, 3.05) is 13.1 Å². The van der Waals surface area contributed by atoms with E-state index >= 15 is 0 Å². The fourth-order valence-electron chi connectivity index (χ4n) is 2.57. The summed E-state index contributed by atoms with van der Waals surface area (Å²) < 4.78 is 1.77. The lowest BCUT2D eigenvalue weighted by molar-refractivity contribution is -0.144. The van der Waals surface area contributed by atoms with Gasteiger partial charge in [0.05, 0.1) is 17.8 Å². The molecule has 0 aliphatic rings. The third kappa shape index (κ3) is 3.94. The van der Waals surface area contributed by atoms with Gasteiger partial charge in [-0.25, -0.2) is 4.68 Å². The van der Waals surface area contributed by atoms with Gasteiger partial charge in [-0.2, -0.15) is 5.10 Å². The van der Waals surface area contributed by atoms with Crippen LogP contribution < -0.4 is 0 Å². The summed E-state index contributed by atoms with van der Waals surface area (Å²) in [4.78, 5) is 24.6. The molecule has 24 heavy (non-hydrogen) atoms. The third-order valence-electron chi connectivity index (χ3n) is 3.90. The van der Waals surface area contributed by atoms with Gasteiger partial charge in [-0.15, -0.1) is 0 Å². The standard InChI is InChI=1S/C17H20ClN3O3/c1-4-20(10-17(23)24)16(22)9-15-11(2)19-21(12(15)3)14-7-5-13(18)6-8-14/h5-8H,4,9-10H2,1-3H3,(H,23,24). The van der Waals surface area contributed by atoms with E-state index in [1.54, 1.807) is 23.7 Å². The molecular formula is C17H20ClN3O3. The van der Waals surface area contributed by atoms with Gasteiger partial charge in [-0.1, -0.05) is 11.6 Å². The Labute approximate surface area is 145 Å². The summed E-state index contributed by atoms with van der Waals surface area (Å²) in [6.07, 6.45) is 0.131. The Hall–Kier alpha value is -2.34. The average Bonchev–Trinajstić information content (AvgIpc) is 2.81. The van der Waals surface area contributed by atoms with Crippen molar-refractivity contribution in [3.05, 3.63) is 46.2 Å². The lowest BCUT2D eigenvalue weighted by Crippen LogP contribution is -2.36. The molecule has 0 atom stereocenters. The van der Waals surface area contributed by atoms with Crippen LogP contribution in [-0.2, 0) is 16.0 Å². The van der Waals surface area contributed by atoms with E-state index in [1.807, 2.05) is 26.0 Å². The maximum atomic E-state index is 12.4. The fourth-order valence-corrected chi connectivity index (χ4v) is 2.69. The summed E-state index contributed by atoms with van der Waals surface area (Å²) in [5.74, 6) is -1.24. The summed E-state index contributed by atoms with van der Waals surface area (Å²) in [5, 5.41) is 14.0. The molecule has 1 heterocycles. The van der Waals surface area contributed by atoms with Crippen LogP contribution in [0.3, 0.4) is 0 Å². The van der Waals surface area contributed by atoms with Crippen LogP contribution in [0.2, 0.25) is 5.02 Å². The number of carboxylic acid groups (broad SMARTS) is 1. The summed E-state index contributed by atoms with van der Waals surface area (Å²) >= 11 is 5.91. The van der Waals surface area contributed by atoms with Crippen LogP contribution in [0.5, 0.6) is 0 Å². The van der Waals surface area contributed by atoms with Crippen molar-refractivity contribution in [1.82, 2.24) is 14.7 Å². The van der Waals surface area contributed by atoms with Crippen LogP contribution in [0, 0.1) is 13.8 Å². The van der Waals surface area contributed by atoms with Crippen molar-refractivity contribution in [3.63, 3.8) is 0 Å². The van der Waals surface area contributed by atoms with Crippen molar-refractivity contribution >= 4 is 23.5 Å². The predicted molar refractivity (Wildman–Crippen MR) is 91.6 cm³/mol. The zero-order chi connectivity index (χ0) is 17.9. The molecule has 0 aliphatic carbocycles. The molecule has 0 saturated carbocycles. The summed E-state index contributed by atoms with van der Waals surface area (Å²) in [6, 6.07) is 7.28. The molecule has 1 N–H and O–H groups in total. The number of aryl methyl sites for hydroxylation is 1. The highest BCUT2D eigenvalue weighted by Crippen LogP contribution is 2.20. The largest absolute Gasteiger partial charge is 0.480 e. The van der Waals surface area contributed by atoms with Crippen molar-refractivity contribution < 1.29 is 14.7 Å². The Morgan fingerprint density at radius 2 is 1.88 bits per heavy atom. The molecule has 0 unspecified atom stereocenters. The molecular weight excluding hydrogens is 330 g/mol. The number of aliphatic carboxylic acids is 1. The maximum Gasteiger partial charge on any atom is 0.323 e. The lowest BCUT2D eigenvalue weighted by Gasteiger charge is -2.18. The van der Waals surface area contributed by atoms with E-state index in [2.05, 4.69) is 5.10 Å². The highest BCUT2D eigenvalue weighted by molar-refractivity contribution is 6.30. The van der Waals surface area contributed by atoms with Gasteiger partial charge >= 0.3 is 5.97 Å². The molecule has 0 fully saturated rings. The van der Waals surface area contributed by atoms with E-state index in [-0.39, 0.29) is 18.9 Å². The first-order chi connectivity index (χ1) is 11.3. The molecule has 1 amide bonds. The molecule has 7 heteroatoms. The lowest BCUT2D eigenvalue weighted by atomic mass is 10.1. The quantitative estimate of drug-likeness (QED) is 0.869. The molecule has 0 aliphatic heterocycles. The number of carbonyl (C=O) groups excluding carboxylic acids is 1. The van der Waals surface area contributed by atoms with Crippen LogP contribution in [0.25, 0.3) is 5.69 Å². The Morgan fingerprint density at radius 3 is 2.42 bits per heavy atom. The summed E-state index contributed by atoms with van der Waals surface area (Å²) in [6.45, 7) is 5.56. The van der Waals surface area contributed by atoms with Gasteiger partial charge < -0.3 is 10.0 Å². The topological polar surface area (TPSA) is 75.4 Å². The first kappa shape index (κ1) is 18.0. The van der Waals surface area contributed by atoms with E-state index in [0.29, 0.717) is 11.6 Å². The van der Waals surface area contributed by atoms with Crippen molar-refractivity contribution in [2.24, 2.45) is 0 Å². The predicted octanol–water partition coefficient (Wildman–Crippen LogP) is 2.62. The second-order valence-corrected chi connectivity index (χ2v) is 5.95. The summed E-state index contributed by atoms with van der Waals surface area (Å²) in [5.41, 5.74) is 3.28. The second kappa shape index (κ2) is 7.49. The number of halogens is 1. The number of likely N-dealkylation sites (N-methyl/N-ethyl adjacent to an activating group) is 1. The molecule has 1 aromatic heterocycles. The average molecular weight is 350 g/mol. The van der Waals surface area contributed by atoms with E-state index in [0.717, 1.165) is 22.6 Å². The molecule has 0 radical (unpaired) electrons. The SMILES string of the molecule is CCN(CC(=O)O)C(=O)Cc1c(C)nn(-c2ccc(Cl)cc2)c1C.